The molecule has 0 spiro atoms. The fraction of sp³-hybridized carbons (Fsp3) is 0.333. The summed E-state index contributed by atoms with van der Waals surface area (Å²) in [6.07, 6.45) is 0.197. The van der Waals surface area contributed by atoms with Crippen molar-refractivity contribution in [1.29, 1.82) is 0 Å². The topological polar surface area (TPSA) is 132 Å². The molecule has 210 valence electrons. The lowest BCUT2D eigenvalue weighted by Gasteiger charge is -2.33. The second-order valence-electron chi connectivity index (χ2n) is 10.3. The van der Waals surface area contributed by atoms with Gasteiger partial charge in [0.2, 0.25) is 5.91 Å². The molecule has 3 atom stereocenters. The lowest BCUT2D eigenvalue weighted by molar-refractivity contribution is -0.147. The number of hydrogen-bond acceptors (Lipinski definition) is 7. The van der Waals surface area contributed by atoms with E-state index in [1.54, 1.807) is 37.4 Å². The molecule has 4 rings (SSSR count). The Balaban J connectivity index is 1.56. The first-order valence-corrected chi connectivity index (χ1v) is 14.0. The van der Waals surface area contributed by atoms with Gasteiger partial charge in [-0.15, -0.1) is 11.8 Å². The molecule has 0 aliphatic carbocycles. The van der Waals surface area contributed by atoms with E-state index >= 15 is 0 Å². The van der Waals surface area contributed by atoms with Crippen LogP contribution in [0.25, 0.3) is 0 Å². The quantitative estimate of drug-likeness (QED) is 0.315. The number of aliphatic hydroxyl groups excluding tert-OH is 1. The van der Waals surface area contributed by atoms with E-state index in [2.05, 4.69) is 15.6 Å². The molecule has 1 saturated heterocycles. The number of phenolic OH excluding ortho intramolecular Hbond substituents is 1. The van der Waals surface area contributed by atoms with E-state index in [-0.39, 0.29) is 36.1 Å². The number of benzene rings is 2. The van der Waals surface area contributed by atoms with Gasteiger partial charge in [0.25, 0.3) is 11.8 Å². The molecule has 10 heteroatoms. The summed E-state index contributed by atoms with van der Waals surface area (Å²) in [4.78, 5) is 46.0. The first kappa shape index (κ1) is 29.1. The van der Waals surface area contributed by atoms with Crippen LogP contribution in [0.15, 0.2) is 72.9 Å². The van der Waals surface area contributed by atoms with Crippen molar-refractivity contribution in [3.05, 3.63) is 95.3 Å². The van der Waals surface area contributed by atoms with E-state index in [1.807, 2.05) is 50.2 Å². The van der Waals surface area contributed by atoms with Crippen LogP contribution in [0.3, 0.4) is 0 Å². The maximum absolute atomic E-state index is 13.8. The minimum Gasteiger partial charge on any atom is -0.508 e. The van der Waals surface area contributed by atoms with Crippen LogP contribution in [0, 0.1) is 6.92 Å². The van der Waals surface area contributed by atoms with Crippen molar-refractivity contribution < 1.29 is 24.6 Å². The number of amides is 3. The van der Waals surface area contributed by atoms with Gasteiger partial charge in [0, 0.05) is 22.1 Å². The van der Waals surface area contributed by atoms with Crippen LogP contribution in [0.1, 0.15) is 41.0 Å². The molecule has 1 fully saturated rings. The maximum Gasteiger partial charge on any atom is 0.254 e. The Bertz CT molecular complexity index is 1350. The van der Waals surface area contributed by atoms with Crippen molar-refractivity contribution in [3.8, 4) is 5.75 Å². The molecule has 9 nitrogen and oxygen atoms in total. The highest BCUT2D eigenvalue weighted by molar-refractivity contribution is 8.00. The third-order valence-electron chi connectivity index (χ3n) is 7.05. The molecule has 1 aromatic heterocycles. The third-order valence-corrected chi connectivity index (χ3v) is 8.42. The van der Waals surface area contributed by atoms with Gasteiger partial charge in [-0.05, 0) is 57.0 Å². The Hall–Kier alpha value is -3.89. The Morgan fingerprint density at radius 1 is 1.07 bits per heavy atom. The van der Waals surface area contributed by atoms with Crippen molar-refractivity contribution in [3.63, 3.8) is 0 Å². The highest BCUT2D eigenvalue weighted by Crippen LogP contribution is 2.40. The standard InChI is InChI=1S/C30H34N4O5S/c1-19-22(13-9-14-24(19)35)27(37)33-23(16-20-10-5-4-6-11-20)25(36)29(39)34-18-40-30(2,3)26(34)28(38)32-17-21-12-7-8-15-31-21/h4-15,23,25-26,35-36H,16-18H2,1-3H3,(H,32,38)(H,33,37)/t23-,25-,26-/m0/s1. The summed E-state index contributed by atoms with van der Waals surface area (Å²) in [5.41, 5.74) is 2.13. The van der Waals surface area contributed by atoms with Gasteiger partial charge in [-0.1, -0.05) is 42.5 Å². The van der Waals surface area contributed by atoms with Crippen LogP contribution in [0.4, 0.5) is 0 Å². The number of nitrogens with one attached hydrogen (secondary N) is 2. The molecule has 2 heterocycles. The average Bonchev–Trinajstić information content (AvgIpc) is 3.27. The summed E-state index contributed by atoms with van der Waals surface area (Å²) in [5, 5.41) is 27.1. The normalized spacial score (nSPS) is 17.6. The number of thioether (sulfide) groups is 1. The molecule has 0 unspecified atom stereocenters. The molecule has 3 aromatic rings. The van der Waals surface area contributed by atoms with Crippen LogP contribution < -0.4 is 10.6 Å². The number of aromatic nitrogens is 1. The zero-order valence-corrected chi connectivity index (χ0v) is 23.5. The smallest absolute Gasteiger partial charge is 0.254 e. The molecular weight excluding hydrogens is 528 g/mol. The average molecular weight is 563 g/mol. The van der Waals surface area contributed by atoms with E-state index in [0.717, 1.165) is 5.56 Å². The van der Waals surface area contributed by atoms with Crippen molar-refractivity contribution >= 4 is 29.5 Å². The number of pyridine rings is 1. The number of aliphatic hydroxyl groups is 1. The highest BCUT2D eigenvalue weighted by atomic mass is 32.2. The monoisotopic (exact) mass is 562 g/mol. The Morgan fingerprint density at radius 3 is 2.50 bits per heavy atom. The summed E-state index contributed by atoms with van der Waals surface area (Å²) >= 11 is 1.44. The van der Waals surface area contributed by atoms with Gasteiger partial charge >= 0.3 is 0 Å². The number of hydrogen-bond donors (Lipinski definition) is 4. The van der Waals surface area contributed by atoms with E-state index in [4.69, 9.17) is 0 Å². The van der Waals surface area contributed by atoms with Crippen LogP contribution in [0.2, 0.25) is 0 Å². The number of nitrogens with zero attached hydrogens (tertiary/aromatic N) is 2. The zero-order chi connectivity index (χ0) is 28.9. The number of carbonyl (C=O) groups is 3. The van der Waals surface area contributed by atoms with Gasteiger partial charge in [0.1, 0.15) is 11.8 Å². The number of aromatic hydroxyl groups is 1. The fourth-order valence-corrected chi connectivity index (χ4v) is 5.90. The van der Waals surface area contributed by atoms with E-state index in [0.29, 0.717) is 11.3 Å². The number of phenols is 1. The molecule has 4 N–H and O–H groups in total. The van der Waals surface area contributed by atoms with Gasteiger partial charge in [0.15, 0.2) is 6.10 Å². The van der Waals surface area contributed by atoms with E-state index in [9.17, 15) is 24.6 Å². The van der Waals surface area contributed by atoms with Crippen LogP contribution >= 0.6 is 11.8 Å². The summed E-state index contributed by atoms with van der Waals surface area (Å²) in [5.74, 6) is -1.34. The maximum atomic E-state index is 13.8. The van der Waals surface area contributed by atoms with E-state index in [1.165, 1.54) is 22.7 Å². The minimum absolute atomic E-state index is 0.0280. The molecule has 40 heavy (non-hydrogen) atoms. The van der Waals surface area contributed by atoms with E-state index < -0.39 is 34.7 Å². The lowest BCUT2D eigenvalue weighted by Crippen LogP contribution is -2.58. The first-order chi connectivity index (χ1) is 19.1. The SMILES string of the molecule is Cc1c(O)cccc1C(=O)N[C@@H](Cc1ccccc1)[C@H](O)C(=O)N1CSC(C)(C)[C@@H]1C(=O)NCc1ccccn1. The van der Waals surface area contributed by atoms with Crippen molar-refractivity contribution in [2.24, 2.45) is 0 Å². The lowest BCUT2D eigenvalue weighted by atomic mass is 9.96. The molecule has 0 radical (unpaired) electrons. The number of rotatable bonds is 9. The summed E-state index contributed by atoms with van der Waals surface area (Å²) in [6.45, 7) is 5.60. The largest absolute Gasteiger partial charge is 0.508 e. The van der Waals surface area contributed by atoms with Crippen LogP contribution in [0.5, 0.6) is 5.75 Å². The Kier molecular flexibility index (Phi) is 9.11. The van der Waals surface area contributed by atoms with Crippen LogP contribution in [-0.4, -0.2) is 66.6 Å². The molecule has 1 aliphatic rings. The van der Waals surface area contributed by atoms with Crippen molar-refractivity contribution in [2.45, 2.75) is 56.7 Å². The Morgan fingerprint density at radius 2 is 1.80 bits per heavy atom. The van der Waals surface area contributed by atoms with Gasteiger partial charge in [-0.3, -0.25) is 19.4 Å². The molecule has 3 amide bonds. The summed E-state index contributed by atoms with van der Waals surface area (Å²) in [7, 11) is 0. The summed E-state index contributed by atoms with van der Waals surface area (Å²) < 4.78 is -0.611. The van der Waals surface area contributed by atoms with Gasteiger partial charge in [0.05, 0.1) is 24.2 Å². The second kappa shape index (κ2) is 12.5. The number of carbonyl (C=O) groups excluding carboxylic acids is 3. The minimum atomic E-state index is -1.62. The van der Waals surface area contributed by atoms with Crippen molar-refractivity contribution in [2.75, 3.05) is 5.88 Å². The molecular formula is C30H34N4O5S. The fourth-order valence-electron chi connectivity index (χ4n) is 4.76. The van der Waals surface area contributed by atoms with Gasteiger partial charge in [-0.25, -0.2) is 0 Å². The molecule has 2 aromatic carbocycles. The second-order valence-corrected chi connectivity index (χ2v) is 11.9. The molecule has 1 aliphatic heterocycles. The van der Waals surface area contributed by atoms with Gasteiger partial charge < -0.3 is 25.7 Å². The molecule has 0 saturated carbocycles. The summed E-state index contributed by atoms with van der Waals surface area (Å²) in [6, 6.07) is 17.4. The third kappa shape index (κ3) is 6.63. The Labute approximate surface area is 238 Å². The van der Waals surface area contributed by atoms with Crippen LogP contribution in [-0.2, 0) is 22.6 Å². The predicted molar refractivity (Wildman–Crippen MR) is 154 cm³/mol. The predicted octanol–water partition coefficient (Wildman–Crippen LogP) is 2.79. The van der Waals surface area contributed by atoms with Gasteiger partial charge in [-0.2, -0.15) is 0 Å². The zero-order valence-electron chi connectivity index (χ0n) is 22.7. The highest BCUT2D eigenvalue weighted by Gasteiger charge is 2.49. The first-order valence-electron chi connectivity index (χ1n) is 13.0. The molecule has 0 bridgehead atoms. The van der Waals surface area contributed by atoms with Crippen molar-refractivity contribution in [1.82, 2.24) is 20.5 Å².